The third-order valence-electron chi connectivity index (χ3n) is 3.53. The molecule has 1 fully saturated rings. The average molecular weight is 373 g/mol. The first-order chi connectivity index (χ1) is 12.0. The molecular weight excluding hydrogens is 356 g/mol. The summed E-state index contributed by atoms with van der Waals surface area (Å²) in [5, 5.41) is 3.97. The van der Waals surface area contributed by atoms with E-state index in [4.69, 9.17) is 16.3 Å². The number of halogens is 1. The molecular formula is C19H17ClN2O2S. The maximum absolute atomic E-state index is 12.1. The van der Waals surface area contributed by atoms with Crippen molar-refractivity contribution in [1.29, 1.82) is 0 Å². The summed E-state index contributed by atoms with van der Waals surface area (Å²) in [6.45, 7) is 4.50. The molecule has 6 heteroatoms. The van der Waals surface area contributed by atoms with Crippen LogP contribution in [0.5, 0.6) is 5.75 Å². The Kier molecular flexibility index (Phi) is 5.46. The number of nitrogens with zero attached hydrogens (tertiary/aromatic N) is 1. The van der Waals surface area contributed by atoms with Crippen LogP contribution in [0.25, 0.3) is 6.08 Å². The number of nitrogens with one attached hydrogen (secondary N) is 1. The second-order valence-corrected chi connectivity index (χ2v) is 6.86. The van der Waals surface area contributed by atoms with Gasteiger partial charge in [0.1, 0.15) is 5.75 Å². The van der Waals surface area contributed by atoms with Crippen molar-refractivity contribution in [2.24, 2.45) is 4.99 Å². The molecule has 0 bridgehead atoms. The molecule has 0 radical (unpaired) electrons. The van der Waals surface area contributed by atoms with Gasteiger partial charge in [0.25, 0.3) is 5.91 Å². The zero-order valence-corrected chi connectivity index (χ0v) is 15.4. The van der Waals surface area contributed by atoms with E-state index in [1.165, 1.54) is 11.8 Å². The molecule has 1 N–H and O–H groups in total. The molecule has 0 aromatic heterocycles. The number of amidine groups is 1. The Hall–Kier alpha value is -2.24. The molecule has 1 aliphatic rings. The minimum absolute atomic E-state index is 0.157. The highest BCUT2D eigenvalue weighted by Gasteiger charge is 2.23. The molecule has 1 saturated heterocycles. The van der Waals surface area contributed by atoms with Gasteiger partial charge in [0.2, 0.25) is 0 Å². The van der Waals surface area contributed by atoms with Gasteiger partial charge < -0.3 is 10.1 Å². The molecule has 2 aromatic carbocycles. The van der Waals surface area contributed by atoms with E-state index in [1.807, 2.05) is 56.3 Å². The van der Waals surface area contributed by atoms with Crippen molar-refractivity contribution in [1.82, 2.24) is 5.32 Å². The normalized spacial score (nSPS) is 17.2. The maximum Gasteiger partial charge on any atom is 0.264 e. The lowest BCUT2D eigenvalue weighted by Gasteiger charge is -2.02. The standard InChI is InChI=1S/C19H17ClN2O2S/c1-3-24-15-8-5-13(6-9-15)10-17-18(23)22-19(25-17)21-14-7-4-12(2)16(20)11-14/h4-11H,3H2,1-2H3,(H,21,22,23)/b17-10-. The number of thioether (sulfide) groups is 1. The van der Waals surface area contributed by atoms with Gasteiger partial charge in [0, 0.05) is 5.02 Å². The number of aryl methyl sites for hydroxylation is 1. The fourth-order valence-corrected chi connectivity index (χ4v) is 3.24. The SMILES string of the molecule is CCOc1ccc(/C=C2\SC(=Nc3ccc(C)c(Cl)c3)NC2=O)cc1. The summed E-state index contributed by atoms with van der Waals surface area (Å²) in [7, 11) is 0. The number of carbonyl (C=O) groups excluding carboxylic acids is 1. The van der Waals surface area contributed by atoms with E-state index in [2.05, 4.69) is 10.3 Å². The predicted octanol–water partition coefficient (Wildman–Crippen LogP) is 4.94. The number of carbonyl (C=O) groups is 1. The van der Waals surface area contributed by atoms with E-state index >= 15 is 0 Å². The van der Waals surface area contributed by atoms with E-state index in [0.29, 0.717) is 27.4 Å². The zero-order chi connectivity index (χ0) is 17.8. The van der Waals surface area contributed by atoms with Crippen LogP contribution in [0.15, 0.2) is 52.4 Å². The summed E-state index contributed by atoms with van der Waals surface area (Å²) < 4.78 is 5.42. The van der Waals surface area contributed by atoms with Gasteiger partial charge in [-0.1, -0.05) is 29.8 Å². The number of ether oxygens (including phenoxy) is 1. The maximum atomic E-state index is 12.1. The van der Waals surface area contributed by atoms with Crippen LogP contribution in [-0.2, 0) is 4.79 Å². The lowest BCUT2D eigenvalue weighted by molar-refractivity contribution is -0.115. The lowest BCUT2D eigenvalue weighted by Crippen LogP contribution is -2.19. The van der Waals surface area contributed by atoms with Gasteiger partial charge in [-0.05, 0) is 67.1 Å². The summed E-state index contributed by atoms with van der Waals surface area (Å²) in [4.78, 5) is 17.2. The van der Waals surface area contributed by atoms with Crippen molar-refractivity contribution in [3.05, 3.63) is 63.5 Å². The van der Waals surface area contributed by atoms with Gasteiger partial charge in [-0.3, -0.25) is 4.79 Å². The molecule has 0 aliphatic carbocycles. The minimum atomic E-state index is -0.157. The summed E-state index contributed by atoms with van der Waals surface area (Å²) in [5.41, 5.74) is 2.63. The minimum Gasteiger partial charge on any atom is -0.494 e. The molecule has 1 aliphatic heterocycles. The topological polar surface area (TPSA) is 50.7 Å². The second-order valence-electron chi connectivity index (χ2n) is 5.42. The van der Waals surface area contributed by atoms with E-state index in [1.54, 1.807) is 6.07 Å². The van der Waals surface area contributed by atoms with Crippen LogP contribution in [0.3, 0.4) is 0 Å². The molecule has 3 rings (SSSR count). The molecule has 128 valence electrons. The number of amides is 1. The first-order valence-corrected chi connectivity index (χ1v) is 9.03. The summed E-state index contributed by atoms with van der Waals surface area (Å²) >= 11 is 7.42. The lowest BCUT2D eigenvalue weighted by atomic mass is 10.2. The van der Waals surface area contributed by atoms with Crippen molar-refractivity contribution >= 4 is 46.2 Å². The molecule has 0 saturated carbocycles. The van der Waals surface area contributed by atoms with E-state index in [-0.39, 0.29) is 5.91 Å². The first-order valence-electron chi connectivity index (χ1n) is 7.84. The Labute approximate surface area is 155 Å². The number of aliphatic imine (C=N–C) groups is 1. The fourth-order valence-electron chi connectivity index (χ4n) is 2.23. The number of hydrogen-bond donors (Lipinski definition) is 1. The van der Waals surface area contributed by atoms with E-state index in [0.717, 1.165) is 16.9 Å². The van der Waals surface area contributed by atoms with Crippen LogP contribution in [0.1, 0.15) is 18.1 Å². The van der Waals surface area contributed by atoms with Crippen LogP contribution in [0.2, 0.25) is 5.02 Å². The molecule has 1 amide bonds. The highest BCUT2D eigenvalue weighted by atomic mass is 35.5. The van der Waals surface area contributed by atoms with E-state index < -0.39 is 0 Å². The first kappa shape index (κ1) is 17.6. The largest absolute Gasteiger partial charge is 0.494 e. The van der Waals surface area contributed by atoms with Gasteiger partial charge >= 0.3 is 0 Å². The Bertz CT molecular complexity index is 860. The van der Waals surface area contributed by atoms with Gasteiger partial charge in [0.05, 0.1) is 17.2 Å². The summed E-state index contributed by atoms with van der Waals surface area (Å²) in [6, 6.07) is 13.2. The molecule has 1 heterocycles. The Balaban J connectivity index is 1.77. The van der Waals surface area contributed by atoms with Crippen molar-refractivity contribution < 1.29 is 9.53 Å². The van der Waals surface area contributed by atoms with Crippen molar-refractivity contribution in [2.45, 2.75) is 13.8 Å². The van der Waals surface area contributed by atoms with Crippen molar-refractivity contribution in [3.8, 4) is 5.75 Å². The number of benzene rings is 2. The quantitative estimate of drug-likeness (QED) is 0.773. The third-order valence-corrected chi connectivity index (χ3v) is 4.84. The molecule has 4 nitrogen and oxygen atoms in total. The Morgan fingerprint density at radius 1 is 1.24 bits per heavy atom. The number of hydrogen-bond acceptors (Lipinski definition) is 4. The van der Waals surface area contributed by atoms with Crippen LogP contribution < -0.4 is 10.1 Å². The number of rotatable bonds is 4. The Morgan fingerprint density at radius 2 is 2.00 bits per heavy atom. The highest BCUT2D eigenvalue weighted by Crippen LogP contribution is 2.29. The molecule has 25 heavy (non-hydrogen) atoms. The average Bonchev–Trinajstić information content (AvgIpc) is 2.92. The van der Waals surface area contributed by atoms with Crippen molar-refractivity contribution in [2.75, 3.05) is 6.61 Å². The molecule has 0 atom stereocenters. The molecule has 2 aromatic rings. The van der Waals surface area contributed by atoms with Crippen LogP contribution in [0.4, 0.5) is 5.69 Å². The fraction of sp³-hybridized carbons (Fsp3) is 0.158. The van der Waals surface area contributed by atoms with Gasteiger partial charge in [-0.2, -0.15) is 0 Å². The van der Waals surface area contributed by atoms with Crippen molar-refractivity contribution in [3.63, 3.8) is 0 Å². The van der Waals surface area contributed by atoms with Crippen LogP contribution >= 0.6 is 23.4 Å². The smallest absolute Gasteiger partial charge is 0.264 e. The van der Waals surface area contributed by atoms with Gasteiger partial charge in [-0.15, -0.1) is 0 Å². The Morgan fingerprint density at radius 3 is 2.68 bits per heavy atom. The monoisotopic (exact) mass is 372 g/mol. The van der Waals surface area contributed by atoms with Crippen LogP contribution in [0, 0.1) is 6.92 Å². The predicted molar refractivity (Wildman–Crippen MR) is 105 cm³/mol. The molecule has 0 unspecified atom stereocenters. The highest BCUT2D eigenvalue weighted by molar-refractivity contribution is 8.18. The van der Waals surface area contributed by atoms with Crippen LogP contribution in [-0.4, -0.2) is 17.7 Å². The van der Waals surface area contributed by atoms with Gasteiger partial charge in [0.15, 0.2) is 5.17 Å². The molecule has 0 spiro atoms. The zero-order valence-electron chi connectivity index (χ0n) is 13.9. The third kappa shape index (κ3) is 4.44. The summed E-state index contributed by atoms with van der Waals surface area (Å²) in [6.07, 6.45) is 1.83. The second kappa shape index (κ2) is 7.76. The summed E-state index contributed by atoms with van der Waals surface area (Å²) in [5.74, 6) is 0.655. The van der Waals surface area contributed by atoms with Gasteiger partial charge in [-0.25, -0.2) is 4.99 Å². The van der Waals surface area contributed by atoms with E-state index in [9.17, 15) is 4.79 Å².